The summed E-state index contributed by atoms with van der Waals surface area (Å²) in [7, 11) is 0. The molecule has 0 aliphatic heterocycles. The summed E-state index contributed by atoms with van der Waals surface area (Å²) in [6, 6.07) is 2.33. The SMILES string of the molecule is CSc1nc(F)[c-]c(I)n1.[Li+]. The van der Waals surface area contributed by atoms with Crippen molar-refractivity contribution in [3.8, 4) is 0 Å². The molecule has 2 nitrogen and oxygen atoms in total. The standard InChI is InChI=1S/C5H3FIN2S.Li/c1-10-5-8-3(6)2-4(7)9-5;/h1H3;/q-1;+1. The summed E-state index contributed by atoms with van der Waals surface area (Å²) in [4.78, 5) is 7.37. The number of hydrogen-bond donors (Lipinski definition) is 0. The molecule has 0 aromatic carbocycles. The second kappa shape index (κ2) is 5.35. The number of thioether (sulfide) groups is 1. The van der Waals surface area contributed by atoms with Gasteiger partial charge in [0.15, 0.2) is 5.16 Å². The number of nitrogens with zero attached hydrogens (tertiary/aromatic N) is 2. The molecule has 0 bridgehead atoms. The molecule has 0 fully saturated rings. The molecule has 0 atom stereocenters. The largest absolute Gasteiger partial charge is 1.00 e. The van der Waals surface area contributed by atoms with E-state index in [-0.39, 0.29) is 18.9 Å². The van der Waals surface area contributed by atoms with Gasteiger partial charge in [-0.15, -0.1) is 0 Å². The number of hydrogen-bond acceptors (Lipinski definition) is 3. The van der Waals surface area contributed by atoms with Gasteiger partial charge in [0.05, 0.1) is 0 Å². The van der Waals surface area contributed by atoms with Gasteiger partial charge in [-0.2, -0.15) is 0 Å². The Balaban J connectivity index is 0.000001000. The van der Waals surface area contributed by atoms with Crippen LogP contribution < -0.4 is 18.9 Å². The van der Waals surface area contributed by atoms with E-state index in [1.165, 1.54) is 11.8 Å². The molecule has 0 amide bonds. The second-order valence-corrected chi connectivity index (χ2v) is 3.21. The van der Waals surface area contributed by atoms with Crippen LogP contribution in [0.25, 0.3) is 0 Å². The van der Waals surface area contributed by atoms with Gasteiger partial charge < -0.3 is 6.07 Å². The van der Waals surface area contributed by atoms with Crippen LogP contribution in [0.2, 0.25) is 0 Å². The van der Waals surface area contributed by atoms with E-state index in [4.69, 9.17) is 0 Å². The zero-order chi connectivity index (χ0) is 7.56. The molecule has 6 heteroatoms. The average molecular weight is 276 g/mol. The van der Waals surface area contributed by atoms with Crippen LogP contribution in [0.5, 0.6) is 0 Å². The Morgan fingerprint density at radius 1 is 1.55 bits per heavy atom. The summed E-state index contributed by atoms with van der Waals surface area (Å²) in [5.41, 5.74) is 0. The quantitative estimate of drug-likeness (QED) is 0.160. The normalized spacial score (nSPS) is 9.00. The maximum Gasteiger partial charge on any atom is 1.00 e. The predicted molar refractivity (Wildman–Crippen MR) is 45.3 cm³/mol. The molecule has 1 heterocycles. The molecule has 0 saturated heterocycles. The predicted octanol–water partition coefficient (Wildman–Crippen LogP) is -1.25. The van der Waals surface area contributed by atoms with Crippen LogP contribution >= 0.6 is 34.4 Å². The summed E-state index contributed by atoms with van der Waals surface area (Å²) in [5, 5.41) is 0.445. The fourth-order valence-electron chi connectivity index (χ4n) is 0.425. The summed E-state index contributed by atoms with van der Waals surface area (Å²) in [6.45, 7) is 0. The number of halogens is 2. The molecule has 1 rings (SSSR count). The summed E-state index contributed by atoms with van der Waals surface area (Å²) >= 11 is 3.20. The number of rotatable bonds is 1. The zero-order valence-electron chi connectivity index (χ0n) is 6.06. The van der Waals surface area contributed by atoms with Crippen LogP contribution in [-0.4, -0.2) is 16.2 Å². The van der Waals surface area contributed by atoms with Crippen LogP contribution in [-0.2, 0) is 0 Å². The molecule has 1 aromatic rings. The van der Waals surface area contributed by atoms with Crippen molar-refractivity contribution >= 4 is 34.4 Å². The first kappa shape index (κ1) is 11.7. The molecule has 54 valence electrons. The van der Waals surface area contributed by atoms with Crippen molar-refractivity contribution in [2.45, 2.75) is 5.16 Å². The van der Waals surface area contributed by atoms with Gasteiger partial charge in [-0.3, -0.25) is 4.98 Å². The monoisotopic (exact) mass is 276 g/mol. The third kappa shape index (κ3) is 3.74. The molecule has 0 spiro atoms. The van der Waals surface area contributed by atoms with E-state index in [1.54, 1.807) is 6.26 Å². The second-order valence-electron chi connectivity index (χ2n) is 1.42. The molecule has 0 saturated carbocycles. The Bertz CT molecular complexity index is 228. The first-order valence-corrected chi connectivity index (χ1v) is 4.69. The fourth-order valence-corrected chi connectivity index (χ4v) is 1.39. The fraction of sp³-hybridized carbons (Fsp3) is 0.200. The van der Waals surface area contributed by atoms with Crippen molar-refractivity contribution in [1.82, 2.24) is 9.97 Å². The Labute approximate surface area is 94.1 Å². The van der Waals surface area contributed by atoms with Crippen molar-refractivity contribution in [1.29, 1.82) is 0 Å². The first-order chi connectivity index (χ1) is 4.72. The van der Waals surface area contributed by atoms with E-state index in [0.29, 0.717) is 8.86 Å². The van der Waals surface area contributed by atoms with Crippen LogP contribution in [0.15, 0.2) is 5.16 Å². The topological polar surface area (TPSA) is 25.8 Å². The Morgan fingerprint density at radius 3 is 2.64 bits per heavy atom. The Morgan fingerprint density at radius 2 is 2.18 bits per heavy atom. The van der Waals surface area contributed by atoms with Crippen molar-refractivity contribution in [3.63, 3.8) is 0 Å². The van der Waals surface area contributed by atoms with Crippen molar-refractivity contribution < 1.29 is 23.3 Å². The summed E-state index contributed by atoms with van der Waals surface area (Å²) < 4.78 is 12.9. The van der Waals surface area contributed by atoms with Gasteiger partial charge in [0, 0.05) is 5.95 Å². The minimum Gasteiger partial charge on any atom is -0.381 e. The van der Waals surface area contributed by atoms with Gasteiger partial charge in [0.2, 0.25) is 0 Å². The van der Waals surface area contributed by atoms with E-state index in [1.807, 2.05) is 22.6 Å². The van der Waals surface area contributed by atoms with Gasteiger partial charge >= 0.3 is 18.9 Å². The van der Waals surface area contributed by atoms with Gasteiger partial charge in [0.25, 0.3) is 0 Å². The number of aromatic nitrogens is 2. The van der Waals surface area contributed by atoms with Crippen molar-refractivity contribution in [3.05, 3.63) is 15.7 Å². The van der Waals surface area contributed by atoms with Gasteiger partial charge in [-0.05, 0) is 6.26 Å². The van der Waals surface area contributed by atoms with Crippen molar-refractivity contribution in [2.75, 3.05) is 6.26 Å². The molecular weight excluding hydrogens is 273 g/mol. The maximum absolute atomic E-state index is 12.4. The van der Waals surface area contributed by atoms with Gasteiger partial charge in [0.1, 0.15) is 0 Å². The third-order valence-corrected chi connectivity index (χ3v) is 1.84. The van der Waals surface area contributed by atoms with Crippen LogP contribution in [0, 0.1) is 15.7 Å². The molecule has 0 aliphatic carbocycles. The molecule has 0 radical (unpaired) electrons. The molecule has 11 heavy (non-hydrogen) atoms. The Kier molecular flexibility index (Phi) is 5.69. The van der Waals surface area contributed by atoms with E-state index >= 15 is 0 Å². The third-order valence-electron chi connectivity index (χ3n) is 0.776. The Hall–Kier alpha value is 0.687. The van der Waals surface area contributed by atoms with Crippen LogP contribution in [0.1, 0.15) is 0 Å². The minimum atomic E-state index is -0.594. The molecular formula is C5H3FILiN2S. The van der Waals surface area contributed by atoms with Gasteiger partial charge in [-0.25, -0.2) is 9.37 Å². The smallest absolute Gasteiger partial charge is 0.381 e. The average Bonchev–Trinajstić information content (AvgIpc) is 1.85. The molecule has 0 aliphatic rings. The minimum absolute atomic E-state index is 0. The maximum atomic E-state index is 12.4. The molecule has 0 N–H and O–H groups in total. The van der Waals surface area contributed by atoms with Crippen LogP contribution in [0.3, 0.4) is 0 Å². The van der Waals surface area contributed by atoms with E-state index in [9.17, 15) is 4.39 Å². The molecule has 1 aromatic heterocycles. The zero-order valence-corrected chi connectivity index (χ0v) is 9.03. The van der Waals surface area contributed by atoms with E-state index in [2.05, 4.69) is 16.0 Å². The van der Waals surface area contributed by atoms with E-state index < -0.39 is 5.95 Å². The van der Waals surface area contributed by atoms with Crippen molar-refractivity contribution in [2.24, 2.45) is 0 Å². The first-order valence-electron chi connectivity index (χ1n) is 2.38. The summed E-state index contributed by atoms with van der Waals surface area (Å²) in [5.74, 6) is -0.594. The molecule has 0 unspecified atom stereocenters. The van der Waals surface area contributed by atoms with E-state index in [0.717, 1.165) is 0 Å². The van der Waals surface area contributed by atoms with Crippen LogP contribution in [0.4, 0.5) is 4.39 Å². The van der Waals surface area contributed by atoms with Gasteiger partial charge in [-0.1, -0.05) is 38.1 Å². The summed E-state index contributed by atoms with van der Waals surface area (Å²) in [6.07, 6.45) is 1.80.